The first-order valence-electron chi connectivity index (χ1n) is 9.22. The number of Topliss-reactive ketones (excluding diaryl/α,β-unsaturated/α-hetero) is 1. The molecule has 0 unspecified atom stereocenters. The SMILES string of the molecule is Cc1cc(OCc2ccc(Cl)c(Cl)c2)cc2c1C(=O)/C(=C/c1cccc([N+](=O)[O-])c1)O2. The highest BCUT2D eigenvalue weighted by molar-refractivity contribution is 6.42. The number of ether oxygens (including phenoxy) is 2. The summed E-state index contributed by atoms with van der Waals surface area (Å²) < 4.78 is 11.6. The summed E-state index contributed by atoms with van der Waals surface area (Å²) >= 11 is 12.0. The highest BCUT2D eigenvalue weighted by atomic mass is 35.5. The molecule has 0 fully saturated rings. The molecule has 1 heterocycles. The molecule has 156 valence electrons. The summed E-state index contributed by atoms with van der Waals surface area (Å²) in [7, 11) is 0. The van der Waals surface area contributed by atoms with Gasteiger partial charge in [-0.25, -0.2) is 0 Å². The van der Waals surface area contributed by atoms with Crippen molar-refractivity contribution in [3.05, 3.63) is 103 Å². The highest BCUT2D eigenvalue weighted by Crippen LogP contribution is 2.38. The van der Waals surface area contributed by atoms with Gasteiger partial charge in [0.2, 0.25) is 5.78 Å². The number of non-ortho nitro benzene ring substituents is 1. The van der Waals surface area contributed by atoms with Gasteiger partial charge in [-0.3, -0.25) is 14.9 Å². The predicted molar refractivity (Wildman–Crippen MR) is 118 cm³/mol. The molecule has 0 atom stereocenters. The van der Waals surface area contributed by atoms with Crippen LogP contribution in [0.1, 0.15) is 27.0 Å². The van der Waals surface area contributed by atoms with Crippen LogP contribution in [0, 0.1) is 17.0 Å². The Kier molecular flexibility index (Phi) is 5.67. The maximum absolute atomic E-state index is 12.8. The van der Waals surface area contributed by atoms with Crippen molar-refractivity contribution in [3.63, 3.8) is 0 Å². The molecule has 6 nitrogen and oxygen atoms in total. The van der Waals surface area contributed by atoms with Crippen molar-refractivity contribution in [3.8, 4) is 11.5 Å². The van der Waals surface area contributed by atoms with E-state index in [2.05, 4.69) is 0 Å². The summed E-state index contributed by atoms with van der Waals surface area (Å²) in [6, 6.07) is 14.6. The third-order valence-electron chi connectivity index (χ3n) is 4.71. The monoisotopic (exact) mass is 455 g/mol. The number of benzene rings is 3. The zero-order chi connectivity index (χ0) is 22.1. The van der Waals surface area contributed by atoms with Gasteiger partial charge in [0.05, 0.1) is 20.5 Å². The number of hydrogen-bond donors (Lipinski definition) is 0. The average molecular weight is 456 g/mol. The van der Waals surface area contributed by atoms with Crippen LogP contribution in [0.3, 0.4) is 0 Å². The molecule has 8 heteroatoms. The summed E-state index contributed by atoms with van der Waals surface area (Å²) in [5, 5.41) is 11.9. The van der Waals surface area contributed by atoms with Gasteiger partial charge >= 0.3 is 0 Å². The number of nitro benzene ring substituents is 1. The van der Waals surface area contributed by atoms with E-state index in [1.165, 1.54) is 18.2 Å². The van der Waals surface area contributed by atoms with Crippen LogP contribution in [0.4, 0.5) is 5.69 Å². The summed E-state index contributed by atoms with van der Waals surface area (Å²) in [6.07, 6.45) is 1.49. The normalized spacial score (nSPS) is 13.8. The zero-order valence-electron chi connectivity index (χ0n) is 16.2. The average Bonchev–Trinajstić information content (AvgIpc) is 3.04. The number of carbonyl (C=O) groups is 1. The van der Waals surface area contributed by atoms with E-state index in [0.717, 1.165) is 5.56 Å². The first-order valence-corrected chi connectivity index (χ1v) is 9.97. The number of aryl methyl sites for hydroxylation is 1. The first-order chi connectivity index (χ1) is 14.8. The molecule has 0 saturated carbocycles. The van der Waals surface area contributed by atoms with E-state index < -0.39 is 4.92 Å². The van der Waals surface area contributed by atoms with Gasteiger partial charge in [-0.1, -0.05) is 41.4 Å². The van der Waals surface area contributed by atoms with E-state index in [1.807, 2.05) is 6.07 Å². The standard InChI is InChI=1S/C23H15Cl2NO5/c1-13-7-17(30-12-15-5-6-18(24)19(25)9-15)11-20-22(13)23(27)21(31-20)10-14-3-2-4-16(8-14)26(28)29/h2-11H,12H2,1H3/b21-10-. The minimum atomic E-state index is -0.490. The van der Waals surface area contributed by atoms with E-state index in [-0.39, 0.29) is 23.8 Å². The molecule has 0 spiro atoms. The van der Waals surface area contributed by atoms with Crippen molar-refractivity contribution < 1.29 is 19.2 Å². The van der Waals surface area contributed by atoms with Crippen LogP contribution in [-0.2, 0) is 6.61 Å². The van der Waals surface area contributed by atoms with Crippen molar-refractivity contribution >= 4 is 40.7 Å². The van der Waals surface area contributed by atoms with Gasteiger partial charge in [0.15, 0.2) is 5.76 Å². The zero-order valence-corrected chi connectivity index (χ0v) is 17.7. The number of fused-ring (bicyclic) bond motifs is 1. The summed E-state index contributed by atoms with van der Waals surface area (Å²) in [5.74, 6) is 0.729. The van der Waals surface area contributed by atoms with Crippen molar-refractivity contribution in [2.75, 3.05) is 0 Å². The Hall–Kier alpha value is -3.35. The number of allylic oxidation sites excluding steroid dienone is 1. The van der Waals surface area contributed by atoms with Gasteiger partial charge < -0.3 is 9.47 Å². The molecule has 1 aliphatic rings. The van der Waals surface area contributed by atoms with Gasteiger partial charge in [-0.2, -0.15) is 0 Å². The molecule has 3 aromatic carbocycles. The van der Waals surface area contributed by atoms with E-state index >= 15 is 0 Å². The fourth-order valence-electron chi connectivity index (χ4n) is 3.24. The number of nitrogens with zero attached hydrogens (tertiary/aromatic N) is 1. The lowest BCUT2D eigenvalue weighted by atomic mass is 10.0. The lowest BCUT2D eigenvalue weighted by Crippen LogP contribution is -2.00. The molecule has 0 saturated heterocycles. The Morgan fingerprint density at radius 3 is 2.65 bits per heavy atom. The van der Waals surface area contributed by atoms with E-state index in [4.69, 9.17) is 32.7 Å². The second-order valence-corrected chi connectivity index (χ2v) is 7.76. The molecule has 0 amide bonds. The van der Waals surface area contributed by atoms with Crippen LogP contribution in [-0.4, -0.2) is 10.7 Å². The number of hydrogen-bond acceptors (Lipinski definition) is 5. The third kappa shape index (κ3) is 4.40. The smallest absolute Gasteiger partial charge is 0.270 e. The minimum absolute atomic E-state index is 0.0634. The van der Waals surface area contributed by atoms with Crippen LogP contribution >= 0.6 is 23.2 Å². The fraction of sp³-hybridized carbons (Fsp3) is 0.0870. The van der Waals surface area contributed by atoms with Crippen LogP contribution in [0.5, 0.6) is 11.5 Å². The van der Waals surface area contributed by atoms with Crippen molar-refractivity contribution in [1.82, 2.24) is 0 Å². The molecular formula is C23H15Cl2NO5. The Labute approximate surface area is 187 Å². The molecule has 0 radical (unpaired) electrons. The summed E-state index contributed by atoms with van der Waals surface area (Å²) in [5.41, 5.74) is 2.43. The lowest BCUT2D eigenvalue weighted by Gasteiger charge is -2.10. The largest absolute Gasteiger partial charge is 0.489 e. The Morgan fingerprint density at radius 1 is 1.10 bits per heavy atom. The Balaban J connectivity index is 1.56. The third-order valence-corrected chi connectivity index (χ3v) is 5.45. The van der Waals surface area contributed by atoms with Gasteiger partial charge in [0.1, 0.15) is 18.1 Å². The maximum Gasteiger partial charge on any atom is 0.270 e. The van der Waals surface area contributed by atoms with Gasteiger partial charge in [-0.05, 0) is 47.9 Å². The van der Waals surface area contributed by atoms with E-state index in [0.29, 0.717) is 38.2 Å². The van der Waals surface area contributed by atoms with E-state index in [1.54, 1.807) is 43.3 Å². The van der Waals surface area contributed by atoms with Crippen molar-refractivity contribution in [2.24, 2.45) is 0 Å². The maximum atomic E-state index is 12.8. The number of nitro groups is 1. The quantitative estimate of drug-likeness (QED) is 0.252. The molecule has 0 bridgehead atoms. The van der Waals surface area contributed by atoms with Gasteiger partial charge in [-0.15, -0.1) is 0 Å². The van der Waals surface area contributed by atoms with E-state index in [9.17, 15) is 14.9 Å². The highest BCUT2D eigenvalue weighted by Gasteiger charge is 2.30. The number of carbonyl (C=O) groups excluding carboxylic acids is 1. The van der Waals surface area contributed by atoms with Crippen molar-refractivity contribution in [2.45, 2.75) is 13.5 Å². The number of ketones is 1. The van der Waals surface area contributed by atoms with Crippen molar-refractivity contribution in [1.29, 1.82) is 0 Å². The van der Waals surface area contributed by atoms with Crippen LogP contribution < -0.4 is 9.47 Å². The van der Waals surface area contributed by atoms with Crippen LogP contribution in [0.15, 0.2) is 60.4 Å². The lowest BCUT2D eigenvalue weighted by molar-refractivity contribution is -0.384. The second-order valence-electron chi connectivity index (χ2n) is 6.94. The topological polar surface area (TPSA) is 78.7 Å². The van der Waals surface area contributed by atoms with Crippen LogP contribution in [0.25, 0.3) is 6.08 Å². The number of rotatable bonds is 5. The molecule has 0 N–H and O–H groups in total. The second kappa shape index (κ2) is 8.41. The molecule has 0 aliphatic carbocycles. The van der Waals surface area contributed by atoms with Gasteiger partial charge in [0, 0.05) is 18.2 Å². The molecule has 31 heavy (non-hydrogen) atoms. The summed E-state index contributed by atoms with van der Waals surface area (Å²) in [4.78, 5) is 23.3. The number of halogens is 2. The molecule has 4 rings (SSSR count). The Morgan fingerprint density at radius 2 is 1.90 bits per heavy atom. The van der Waals surface area contributed by atoms with Gasteiger partial charge in [0.25, 0.3) is 5.69 Å². The molecule has 1 aliphatic heterocycles. The Bertz CT molecular complexity index is 1250. The van der Waals surface area contributed by atoms with Crippen LogP contribution in [0.2, 0.25) is 10.0 Å². The first kappa shape index (κ1) is 20.9. The molecule has 0 aromatic heterocycles. The molecule has 3 aromatic rings. The minimum Gasteiger partial charge on any atom is -0.489 e. The fourth-order valence-corrected chi connectivity index (χ4v) is 3.56. The predicted octanol–water partition coefficient (Wildman–Crippen LogP) is 6.41. The molecular weight excluding hydrogens is 441 g/mol. The summed E-state index contributed by atoms with van der Waals surface area (Å²) in [6.45, 7) is 2.06.